The third kappa shape index (κ3) is 8.24. The zero-order valence-electron chi connectivity index (χ0n) is 31.1. The molecule has 1 aromatic heterocycles. The number of nitriles is 1. The molecule has 2 fully saturated rings. The second-order valence-corrected chi connectivity index (χ2v) is 15.8. The fourth-order valence-corrected chi connectivity index (χ4v) is 7.32. The first-order chi connectivity index (χ1) is 24.2. The molecular formula is C39H51N7O5. The van der Waals surface area contributed by atoms with Crippen molar-refractivity contribution in [2.45, 2.75) is 104 Å². The van der Waals surface area contributed by atoms with Gasteiger partial charge in [0.15, 0.2) is 0 Å². The number of carbonyl (C=O) groups excluding carboxylic acids is 2. The van der Waals surface area contributed by atoms with E-state index < -0.39 is 17.3 Å². The number of hydrogen-bond donors (Lipinski definition) is 0. The van der Waals surface area contributed by atoms with Crippen molar-refractivity contribution in [3.05, 3.63) is 53.2 Å². The van der Waals surface area contributed by atoms with Gasteiger partial charge in [0.1, 0.15) is 23.6 Å². The first kappa shape index (κ1) is 36.0. The van der Waals surface area contributed by atoms with Gasteiger partial charge in [-0.15, -0.1) is 0 Å². The molecule has 0 aliphatic carbocycles. The molecule has 0 unspecified atom stereocenters. The highest BCUT2D eigenvalue weighted by molar-refractivity contribution is 5.97. The van der Waals surface area contributed by atoms with E-state index in [1.165, 1.54) is 16.3 Å². The van der Waals surface area contributed by atoms with Crippen LogP contribution in [0.5, 0.6) is 6.01 Å². The lowest BCUT2D eigenvalue weighted by molar-refractivity contribution is 0.0143. The number of fused-ring (bicyclic) bond motifs is 2. The van der Waals surface area contributed by atoms with Crippen molar-refractivity contribution in [1.29, 1.82) is 5.26 Å². The van der Waals surface area contributed by atoms with Crippen molar-refractivity contribution in [3.8, 4) is 12.1 Å². The molecule has 0 bridgehead atoms. The summed E-state index contributed by atoms with van der Waals surface area (Å²) in [6.07, 6.45) is 1.80. The zero-order chi connectivity index (χ0) is 36.5. The maximum absolute atomic E-state index is 13.2. The second kappa shape index (κ2) is 14.4. The first-order valence-corrected chi connectivity index (χ1v) is 18.1. The summed E-state index contributed by atoms with van der Waals surface area (Å²) in [4.78, 5) is 44.1. The number of aryl methyl sites for hydroxylation is 1. The van der Waals surface area contributed by atoms with Crippen LogP contribution in [0.3, 0.4) is 0 Å². The molecular weight excluding hydrogens is 646 g/mol. The molecule has 12 nitrogen and oxygen atoms in total. The minimum Gasteiger partial charge on any atom is -0.461 e. The average Bonchev–Trinajstić information content (AvgIpc) is 3.54. The van der Waals surface area contributed by atoms with Gasteiger partial charge in [-0.05, 0) is 84.7 Å². The van der Waals surface area contributed by atoms with Crippen LogP contribution in [-0.2, 0) is 22.4 Å². The third-order valence-electron chi connectivity index (χ3n) is 9.60. The lowest BCUT2D eigenvalue weighted by Crippen LogP contribution is -2.56. The SMILES string of the molecule is Cc1cccc2cccc(N3CCc4c(nc(OC[C@@H]5CCCN5C(=O)OC(C)(C)C)nc4N4CCN(C(=O)OC(C)(C)C)[C@@H](CC#N)C4)C3)c12. The van der Waals surface area contributed by atoms with Crippen LogP contribution < -0.4 is 14.5 Å². The number of rotatable bonds is 6. The van der Waals surface area contributed by atoms with E-state index in [-0.39, 0.29) is 37.2 Å². The van der Waals surface area contributed by atoms with Gasteiger partial charge < -0.3 is 33.8 Å². The van der Waals surface area contributed by atoms with Gasteiger partial charge in [-0.3, -0.25) is 0 Å². The quantitative estimate of drug-likeness (QED) is 0.278. The van der Waals surface area contributed by atoms with Crippen LogP contribution in [-0.4, -0.2) is 94.6 Å². The summed E-state index contributed by atoms with van der Waals surface area (Å²) in [6.45, 7) is 16.8. The second-order valence-electron chi connectivity index (χ2n) is 15.8. The predicted octanol–water partition coefficient (Wildman–Crippen LogP) is 6.62. The monoisotopic (exact) mass is 697 g/mol. The van der Waals surface area contributed by atoms with Gasteiger partial charge in [0, 0.05) is 49.4 Å². The number of benzene rings is 2. The predicted molar refractivity (Wildman–Crippen MR) is 196 cm³/mol. The van der Waals surface area contributed by atoms with E-state index in [0.29, 0.717) is 32.7 Å². The number of hydrogen-bond acceptors (Lipinski definition) is 10. The zero-order valence-corrected chi connectivity index (χ0v) is 31.1. The lowest BCUT2D eigenvalue weighted by Gasteiger charge is -2.42. The largest absolute Gasteiger partial charge is 0.461 e. The van der Waals surface area contributed by atoms with Crippen molar-refractivity contribution in [2.75, 3.05) is 49.1 Å². The Bertz CT molecular complexity index is 1810. The number of aromatic nitrogens is 2. The normalized spacial score (nSPS) is 19.5. The van der Waals surface area contributed by atoms with Gasteiger partial charge in [0.25, 0.3) is 0 Å². The summed E-state index contributed by atoms with van der Waals surface area (Å²) in [6, 6.07) is 14.8. The van der Waals surface area contributed by atoms with Crippen LogP contribution in [0.4, 0.5) is 21.1 Å². The Morgan fingerprint density at radius 2 is 1.57 bits per heavy atom. The topological polar surface area (TPSA) is 124 Å². The van der Waals surface area contributed by atoms with Crippen molar-refractivity contribution in [2.24, 2.45) is 0 Å². The first-order valence-electron chi connectivity index (χ1n) is 18.1. The highest BCUT2D eigenvalue weighted by Crippen LogP contribution is 2.36. The molecule has 2 aromatic carbocycles. The van der Waals surface area contributed by atoms with Crippen LogP contribution in [0.1, 0.15) is 77.6 Å². The summed E-state index contributed by atoms with van der Waals surface area (Å²) in [5.74, 6) is 0.769. The number of amides is 2. The fraction of sp³-hybridized carbons (Fsp3) is 0.564. The number of carbonyl (C=O) groups is 2. The molecule has 4 heterocycles. The standard InChI is InChI=1S/C39H51N7O5/c1-26-11-8-12-27-13-9-15-32(33(26)27)43-20-17-30-31(24-43)41-35(49-25-29-14-10-19-45(29)36(47)50-38(2,3)4)42-34(30)44-21-22-46(28(23-44)16-18-40)37(48)51-39(5,6)7/h8-9,11-13,15,28-29H,10,14,16-17,19-25H2,1-7H3/t28-,29-/m0/s1. The highest BCUT2D eigenvalue weighted by Gasteiger charge is 2.37. The molecule has 3 aliphatic heterocycles. The van der Waals surface area contributed by atoms with E-state index in [1.54, 1.807) is 9.80 Å². The Morgan fingerprint density at radius 3 is 2.25 bits per heavy atom. The molecule has 2 atom stereocenters. The molecule has 272 valence electrons. The maximum Gasteiger partial charge on any atom is 0.410 e. The Labute approximate surface area is 301 Å². The van der Waals surface area contributed by atoms with Crippen molar-refractivity contribution in [3.63, 3.8) is 0 Å². The fourth-order valence-electron chi connectivity index (χ4n) is 7.32. The van der Waals surface area contributed by atoms with Crippen LogP contribution >= 0.6 is 0 Å². The van der Waals surface area contributed by atoms with Gasteiger partial charge >= 0.3 is 18.2 Å². The van der Waals surface area contributed by atoms with Gasteiger partial charge in [-0.25, -0.2) is 9.59 Å². The highest BCUT2D eigenvalue weighted by atomic mass is 16.6. The lowest BCUT2D eigenvalue weighted by atomic mass is 9.99. The molecule has 51 heavy (non-hydrogen) atoms. The summed E-state index contributed by atoms with van der Waals surface area (Å²) in [5.41, 5.74) is 3.09. The third-order valence-corrected chi connectivity index (χ3v) is 9.60. The van der Waals surface area contributed by atoms with Crippen molar-refractivity contribution >= 4 is 34.5 Å². The summed E-state index contributed by atoms with van der Waals surface area (Å²) in [5, 5.41) is 12.2. The number of anilines is 2. The Kier molecular flexibility index (Phi) is 10.2. The molecule has 0 spiro atoms. The Hall–Kier alpha value is -4.79. The van der Waals surface area contributed by atoms with Gasteiger partial charge in [0.05, 0.1) is 36.8 Å². The van der Waals surface area contributed by atoms with E-state index >= 15 is 0 Å². The smallest absolute Gasteiger partial charge is 0.410 e. The average molecular weight is 698 g/mol. The minimum absolute atomic E-state index is 0.157. The van der Waals surface area contributed by atoms with Crippen LogP contribution in [0.25, 0.3) is 10.8 Å². The Balaban J connectivity index is 1.30. The molecule has 3 aliphatic rings. The van der Waals surface area contributed by atoms with E-state index in [9.17, 15) is 14.9 Å². The van der Waals surface area contributed by atoms with Gasteiger partial charge in [0.2, 0.25) is 0 Å². The Morgan fingerprint density at radius 1 is 0.882 bits per heavy atom. The van der Waals surface area contributed by atoms with E-state index in [4.69, 9.17) is 24.2 Å². The minimum atomic E-state index is -0.643. The van der Waals surface area contributed by atoms with Gasteiger partial charge in [-0.2, -0.15) is 15.2 Å². The molecule has 2 saturated heterocycles. The number of ether oxygens (including phenoxy) is 3. The molecule has 0 saturated carbocycles. The van der Waals surface area contributed by atoms with E-state index in [0.717, 1.165) is 48.6 Å². The van der Waals surface area contributed by atoms with Crippen LogP contribution in [0.15, 0.2) is 36.4 Å². The maximum atomic E-state index is 13.2. The molecule has 0 radical (unpaired) electrons. The van der Waals surface area contributed by atoms with Crippen molar-refractivity contribution in [1.82, 2.24) is 19.8 Å². The summed E-state index contributed by atoms with van der Waals surface area (Å²) >= 11 is 0. The van der Waals surface area contributed by atoms with E-state index in [2.05, 4.69) is 59.2 Å². The molecule has 0 N–H and O–H groups in total. The van der Waals surface area contributed by atoms with Gasteiger partial charge in [-0.1, -0.05) is 30.3 Å². The number of nitrogens with zero attached hydrogens (tertiary/aromatic N) is 7. The summed E-state index contributed by atoms with van der Waals surface area (Å²) < 4.78 is 17.7. The molecule has 12 heteroatoms. The van der Waals surface area contributed by atoms with Crippen LogP contribution in [0.2, 0.25) is 0 Å². The summed E-state index contributed by atoms with van der Waals surface area (Å²) in [7, 11) is 0. The molecule has 3 aromatic rings. The number of likely N-dealkylation sites (tertiary alicyclic amines) is 1. The van der Waals surface area contributed by atoms with E-state index in [1.807, 2.05) is 41.5 Å². The van der Waals surface area contributed by atoms with Crippen molar-refractivity contribution < 1.29 is 23.8 Å². The molecule has 2 amide bonds. The molecule has 6 rings (SSSR count). The van der Waals surface area contributed by atoms with Crippen LogP contribution in [0, 0.1) is 18.3 Å². The number of piperazine rings is 1.